The molecule has 15 heavy (non-hydrogen) atoms. The van der Waals surface area contributed by atoms with Gasteiger partial charge in [-0.15, -0.1) is 0 Å². The first-order chi connectivity index (χ1) is 6.98. The lowest BCUT2D eigenvalue weighted by Crippen LogP contribution is -3.05. The van der Waals surface area contributed by atoms with Gasteiger partial charge in [-0.25, -0.2) is 0 Å². The molecule has 0 saturated carbocycles. The summed E-state index contributed by atoms with van der Waals surface area (Å²) in [6.45, 7) is 4.09. The number of allylic oxidation sites excluding steroid dienone is 4. The third-order valence-electron chi connectivity index (χ3n) is 2.27. The van der Waals surface area contributed by atoms with E-state index >= 15 is 0 Å². The van der Waals surface area contributed by atoms with Gasteiger partial charge in [0.25, 0.3) is 0 Å². The number of hydroxylamine groups is 1. The number of rotatable bonds is 0. The molecule has 5 nitrogen and oxygen atoms in total. The van der Waals surface area contributed by atoms with E-state index in [9.17, 15) is 5.21 Å². The van der Waals surface area contributed by atoms with Crippen molar-refractivity contribution in [2.24, 2.45) is 16.1 Å². The molecule has 0 aromatic heterocycles. The summed E-state index contributed by atoms with van der Waals surface area (Å²) in [6.07, 6.45) is 7.69. The Morgan fingerprint density at radius 2 is 2.27 bits per heavy atom. The second-order valence-electron chi connectivity index (χ2n) is 4.20. The molecular weight excluding hydrogens is 192 g/mol. The average Bonchev–Trinajstić information content (AvgIpc) is 2.23. The smallest absolute Gasteiger partial charge is 0.186 e. The first-order valence-electron chi connectivity index (χ1n) is 4.73. The first kappa shape index (κ1) is 9.95. The van der Waals surface area contributed by atoms with Gasteiger partial charge in [-0.2, -0.15) is 10.6 Å². The molecule has 0 radical (unpaired) electrons. The summed E-state index contributed by atoms with van der Waals surface area (Å²) in [4.78, 5) is 4.07. The Morgan fingerprint density at radius 1 is 1.53 bits per heavy atom. The van der Waals surface area contributed by atoms with Crippen LogP contribution in [-0.2, 0) is 0 Å². The van der Waals surface area contributed by atoms with E-state index in [4.69, 9.17) is 5.73 Å². The largest absolute Gasteiger partial charge is 0.449 e. The number of nitrogens with one attached hydrogen (secondary N) is 1. The van der Waals surface area contributed by atoms with Crippen LogP contribution in [0.1, 0.15) is 13.8 Å². The molecule has 0 fully saturated rings. The number of nitrogens with zero attached hydrogens (tertiary/aromatic N) is 2. The van der Waals surface area contributed by atoms with Gasteiger partial charge in [0.1, 0.15) is 0 Å². The van der Waals surface area contributed by atoms with Crippen molar-refractivity contribution in [3.8, 4) is 0 Å². The van der Waals surface area contributed by atoms with Crippen LogP contribution < -0.4 is 10.9 Å². The Hall–Kier alpha value is -1.59. The van der Waals surface area contributed by atoms with Gasteiger partial charge >= 0.3 is 0 Å². The third-order valence-corrected chi connectivity index (χ3v) is 2.27. The minimum absolute atomic E-state index is 0.0643. The van der Waals surface area contributed by atoms with Gasteiger partial charge in [0.15, 0.2) is 5.70 Å². The molecule has 1 unspecified atom stereocenters. The molecule has 1 aliphatic heterocycles. The van der Waals surface area contributed by atoms with E-state index in [1.54, 1.807) is 0 Å². The summed E-state index contributed by atoms with van der Waals surface area (Å²) in [5.74, 6) is 0.0870. The van der Waals surface area contributed by atoms with E-state index in [2.05, 4.69) is 10.4 Å². The Kier molecular flexibility index (Phi) is 2.13. The van der Waals surface area contributed by atoms with Crippen LogP contribution in [0.3, 0.4) is 0 Å². The van der Waals surface area contributed by atoms with Crippen LogP contribution in [0.4, 0.5) is 0 Å². The van der Waals surface area contributed by atoms with E-state index < -0.39 is 0 Å². The minimum atomic E-state index is -0.126. The molecule has 80 valence electrons. The Balaban J connectivity index is 2.49. The van der Waals surface area contributed by atoms with E-state index in [1.807, 2.05) is 38.2 Å². The lowest BCUT2D eigenvalue weighted by molar-refractivity contribution is -1.02. The SMILES string of the molecule is CC1(C)C=CC=C2N=C(N)[N-][NH+](O)C2=C1. The van der Waals surface area contributed by atoms with Crippen LogP contribution in [0.2, 0.25) is 0 Å². The second kappa shape index (κ2) is 3.22. The summed E-state index contributed by atoms with van der Waals surface area (Å²) in [5, 5.41) is 9.62. The molecule has 2 aliphatic rings. The molecule has 0 aromatic carbocycles. The molecular formula is C10H14N4O. The maximum atomic E-state index is 9.68. The molecule has 2 rings (SSSR count). The molecule has 4 N–H and O–H groups in total. The molecule has 0 spiro atoms. The summed E-state index contributed by atoms with van der Waals surface area (Å²) in [6, 6.07) is 0. The van der Waals surface area contributed by atoms with E-state index in [-0.39, 0.29) is 16.5 Å². The predicted octanol–water partition coefficient (Wildman–Crippen LogP) is 0.241. The fraction of sp³-hybridized carbons (Fsp3) is 0.300. The van der Waals surface area contributed by atoms with Gasteiger partial charge in [-0.1, -0.05) is 31.2 Å². The van der Waals surface area contributed by atoms with Crippen LogP contribution in [0, 0.1) is 5.41 Å². The van der Waals surface area contributed by atoms with Crippen molar-refractivity contribution in [2.75, 3.05) is 0 Å². The van der Waals surface area contributed by atoms with E-state index in [0.29, 0.717) is 11.4 Å². The van der Waals surface area contributed by atoms with Gasteiger partial charge in [0, 0.05) is 5.41 Å². The molecule has 0 aromatic rings. The predicted molar refractivity (Wildman–Crippen MR) is 56.8 cm³/mol. The van der Waals surface area contributed by atoms with Crippen LogP contribution >= 0.6 is 0 Å². The van der Waals surface area contributed by atoms with Crippen molar-refractivity contribution in [2.45, 2.75) is 13.8 Å². The van der Waals surface area contributed by atoms with Crippen LogP contribution in [-0.4, -0.2) is 11.2 Å². The summed E-state index contributed by atoms with van der Waals surface area (Å²) in [5.41, 5.74) is 10.4. The Labute approximate surface area is 88.2 Å². The molecule has 0 saturated heterocycles. The van der Waals surface area contributed by atoms with Crippen molar-refractivity contribution in [3.05, 3.63) is 41.1 Å². The van der Waals surface area contributed by atoms with E-state index in [0.717, 1.165) is 0 Å². The highest BCUT2D eigenvalue weighted by molar-refractivity contribution is 5.90. The van der Waals surface area contributed by atoms with Crippen LogP contribution in [0.25, 0.3) is 5.43 Å². The topological polar surface area (TPSA) is 77.1 Å². The number of guanidine groups is 1. The van der Waals surface area contributed by atoms with E-state index in [1.165, 1.54) is 0 Å². The highest BCUT2D eigenvalue weighted by atomic mass is 16.5. The minimum Gasteiger partial charge on any atom is -0.449 e. The highest BCUT2D eigenvalue weighted by Crippen LogP contribution is 2.26. The lowest BCUT2D eigenvalue weighted by Gasteiger charge is -2.26. The number of quaternary nitrogens is 1. The summed E-state index contributed by atoms with van der Waals surface area (Å²) >= 11 is 0. The fourth-order valence-electron chi connectivity index (χ4n) is 1.56. The van der Waals surface area contributed by atoms with Crippen molar-refractivity contribution in [1.29, 1.82) is 0 Å². The zero-order chi connectivity index (χ0) is 11.1. The van der Waals surface area contributed by atoms with Crippen LogP contribution in [0.15, 0.2) is 40.7 Å². The van der Waals surface area contributed by atoms with Gasteiger partial charge in [-0.05, 0) is 12.2 Å². The zero-order valence-electron chi connectivity index (χ0n) is 8.73. The maximum Gasteiger partial charge on any atom is 0.186 e. The number of nitrogens with two attached hydrogens (primary N) is 1. The molecule has 5 heteroatoms. The van der Waals surface area contributed by atoms with Crippen molar-refractivity contribution >= 4 is 5.96 Å². The fourth-order valence-corrected chi connectivity index (χ4v) is 1.56. The van der Waals surface area contributed by atoms with Gasteiger partial charge in [0.05, 0.1) is 11.7 Å². The van der Waals surface area contributed by atoms with Crippen LogP contribution in [0.5, 0.6) is 0 Å². The summed E-state index contributed by atoms with van der Waals surface area (Å²) in [7, 11) is 0. The highest BCUT2D eigenvalue weighted by Gasteiger charge is 2.25. The number of fused-ring (bicyclic) bond motifs is 1. The van der Waals surface area contributed by atoms with Gasteiger partial charge < -0.3 is 10.7 Å². The number of hydrogen-bond acceptors (Lipinski definition) is 3. The maximum absolute atomic E-state index is 9.68. The van der Waals surface area contributed by atoms with Crippen molar-refractivity contribution in [1.82, 2.24) is 0 Å². The number of aliphatic imine (C=N–C) groups is 1. The molecule has 0 amide bonds. The molecule has 1 heterocycles. The standard InChI is InChI=1S/C10H14N4O/c1-10(2)5-3-4-7-8(6-10)14(15)13-9(11)12-7/h3-6,14-15H,1-2H3,(H2-,11,12,13). The second-order valence-corrected chi connectivity index (χ2v) is 4.20. The van der Waals surface area contributed by atoms with Gasteiger partial charge in [-0.3, -0.25) is 0 Å². The first-order valence-corrected chi connectivity index (χ1v) is 4.73. The Morgan fingerprint density at radius 3 is 3.00 bits per heavy atom. The molecule has 1 aliphatic carbocycles. The molecule has 1 atom stereocenters. The normalized spacial score (nSPS) is 27.9. The average molecular weight is 206 g/mol. The molecule has 0 bridgehead atoms. The summed E-state index contributed by atoms with van der Waals surface area (Å²) < 4.78 is 0. The Bertz CT molecular complexity index is 404. The monoisotopic (exact) mass is 206 g/mol. The zero-order valence-corrected chi connectivity index (χ0v) is 8.73. The number of hydrogen-bond donors (Lipinski definition) is 3. The quantitative estimate of drug-likeness (QED) is 0.531. The van der Waals surface area contributed by atoms with Crippen molar-refractivity contribution in [3.63, 3.8) is 0 Å². The third kappa shape index (κ3) is 1.93. The lowest BCUT2D eigenvalue weighted by atomic mass is 9.92. The van der Waals surface area contributed by atoms with Gasteiger partial charge in [0.2, 0.25) is 0 Å². The van der Waals surface area contributed by atoms with Crippen molar-refractivity contribution < 1.29 is 10.4 Å².